The van der Waals surface area contributed by atoms with Gasteiger partial charge >= 0.3 is 0 Å². The van der Waals surface area contributed by atoms with E-state index in [-0.39, 0.29) is 17.2 Å². The first-order valence-electron chi connectivity index (χ1n) is 12.8. The highest BCUT2D eigenvalue weighted by Gasteiger charge is 2.25. The molecule has 2 saturated heterocycles. The molecule has 0 bridgehead atoms. The molecule has 0 spiro atoms. The summed E-state index contributed by atoms with van der Waals surface area (Å²) in [6, 6.07) is 9.95. The Bertz CT molecular complexity index is 1550. The summed E-state index contributed by atoms with van der Waals surface area (Å²) in [5, 5.41) is 13.3. The van der Waals surface area contributed by atoms with Crippen LogP contribution in [0.25, 0.3) is 22.2 Å². The first kappa shape index (κ1) is 25.2. The largest absolute Gasteiger partial charge is 0.496 e. The van der Waals surface area contributed by atoms with Crippen molar-refractivity contribution in [2.45, 2.75) is 25.2 Å². The van der Waals surface area contributed by atoms with Crippen LogP contribution in [0.1, 0.15) is 24.7 Å². The number of hydrogen-bond donors (Lipinski definition) is 3. The first-order chi connectivity index (χ1) is 19.0. The summed E-state index contributed by atoms with van der Waals surface area (Å²) >= 11 is 0. The van der Waals surface area contributed by atoms with Crippen molar-refractivity contribution < 1.29 is 23.7 Å². The highest BCUT2D eigenvalue weighted by molar-refractivity contribution is 5.94. The summed E-state index contributed by atoms with van der Waals surface area (Å²) in [4.78, 5) is 26.8. The van der Waals surface area contributed by atoms with E-state index in [0.29, 0.717) is 52.6 Å². The minimum absolute atomic E-state index is 0.203. The lowest BCUT2D eigenvalue weighted by molar-refractivity contribution is -0.0456. The molecule has 0 saturated carbocycles. The number of piperidine rings is 1. The predicted octanol–water partition coefficient (Wildman–Crippen LogP) is 3.88. The maximum Gasteiger partial charge on any atom is 0.259 e. The topological polar surface area (TPSA) is 122 Å². The molecule has 2 fully saturated rings. The SMILES string of the molecule is COc1cc(-c2cc(Nc3ccc(N4CCC(O)CC4)cn3)c3c(=O)[nH]ccc3n2)c(F)cc1C1OCCO1. The van der Waals surface area contributed by atoms with Crippen LogP contribution in [0.3, 0.4) is 0 Å². The van der Waals surface area contributed by atoms with Crippen LogP contribution in [0, 0.1) is 5.82 Å². The number of fused-ring (bicyclic) bond motifs is 1. The van der Waals surface area contributed by atoms with E-state index in [1.165, 1.54) is 19.4 Å². The summed E-state index contributed by atoms with van der Waals surface area (Å²) in [5.74, 6) is 0.395. The molecule has 6 rings (SSSR count). The minimum atomic E-state index is -0.701. The van der Waals surface area contributed by atoms with E-state index in [9.17, 15) is 9.90 Å². The van der Waals surface area contributed by atoms with Crippen LogP contribution in [-0.4, -0.2) is 59.6 Å². The number of hydrogen-bond acceptors (Lipinski definition) is 9. The van der Waals surface area contributed by atoms with Gasteiger partial charge in [0.05, 0.1) is 66.2 Å². The molecular formula is C28H28FN5O5. The Hall–Kier alpha value is -4.06. The van der Waals surface area contributed by atoms with Gasteiger partial charge in [-0.3, -0.25) is 4.79 Å². The molecule has 10 nitrogen and oxygen atoms in total. The molecule has 39 heavy (non-hydrogen) atoms. The molecule has 2 aliphatic heterocycles. The quantitative estimate of drug-likeness (QED) is 0.339. The lowest BCUT2D eigenvalue weighted by Crippen LogP contribution is -2.35. The molecule has 1 aromatic carbocycles. The third kappa shape index (κ3) is 5.03. The van der Waals surface area contributed by atoms with Crippen molar-refractivity contribution in [3.63, 3.8) is 0 Å². The minimum Gasteiger partial charge on any atom is -0.496 e. The number of aromatic nitrogens is 3. The van der Waals surface area contributed by atoms with Gasteiger partial charge in [-0.25, -0.2) is 14.4 Å². The van der Waals surface area contributed by atoms with Gasteiger partial charge in [0.25, 0.3) is 5.56 Å². The molecule has 3 N–H and O–H groups in total. The Kier molecular flexibility index (Phi) is 6.86. The van der Waals surface area contributed by atoms with Gasteiger partial charge in [-0.1, -0.05) is 0 Å². The van der Waals surface area contributed by atoms with Crippen molar-refractivity contribution in [3.8, 4) is 17.0 Å². The standard InChI is InChI=1S/C28H28FN5O5/c1-37-24-13-18(20(29)12-19(24)28-38-10-11-39-28)22-14-23(26-21(32-22)4-7-30-27(26)36)33-25-3-2-16(15-31-25)34-8-5-17(35)6-9-34/h2-4,7,12-15,17,28,35H,5-6,8-11H2,1H3,(H,30,36)(H,31,32,33). The van der Waals surface area contributed by atoms with Crippen molar-refractivity contribution >= 4 is 28.1 Å². The van der Waals surface area contributed by atoms with E-state index in [2.05, 4.69) is 25.2 Å². The van der Waals surface area contributed by atoms with E-state index in [4.69, 9.17) is 14.2 Å². The Morgan fingerprint density at radius 2 is 1.95 bits per heavy atom. The maximum absolute atomic E-state index is 15.5. The molecule has 5 heterocycles. The zero-order valence-electron chi connectivity index (χ0n) is 21.3. The van der Waals surface area contributed by atoms with Gasteiger partial charge < -0.3 is 34.5 Å². The van der Waals surface area contributed by atoms with Crippen LogP contribution in [0.5, 0.6) is 5.75 Å². The summed E-state index contributed by atoms with van der Waals surface area (Å²) in [7, 11) is 1.50. The van der Waals surface area contributed by atoms with Gasteiger partial charge in [0.1, 0.15) is 17.4 Å². The van der Waals surface area contributed by atoms with Gasteiger partial charge in [0.15, 0.2) is 6.29 Å². The average molecular weight is 534 g/mol. The maximum atomic E-state index is 15.5. The molecule has 202 valence electrons. The lowest BCUT2D eigenvalue weighted by Gasteiger charge is -2.31. The van der Waals surface area contributed by atoms with Gasteiger partial charge in [-0.15, -0.1) is 0 Å². The number of anilines is 3. The number of nitrogens with one attached hydrogen (secondary N) is 2. The monoisotopic (exact) mass is 533 g/mol. The molecule has 0 aliphatic carbocycles. The summed E-state index contributed by atoms with van der Waals surface area (Å²) in [5.41, 5.74) is 2.43. The number of pyridine rings is 3. The lowest BCUT2D eigenvalue weighted by atomic mass is 10.0. The molecule has 0 amide bonds. The van der Waals surface area contributed by atoms with Crippen molar-refractivity contribution in [1.82, 2.24) is 15.0 Å². The Balaban J connectivity index is 1.37. The van der Waals surface area contributed by atoms with E-state index in [1.54, 1.807) is 24.4 Å². The number of aliphatic hydroxyl groups is 1. The molecule has 0 unspecified atom stereocenters. The molecule has 4 aromatic rings. The van der Waals surface area contributed by atoms with Crippen LogP contribution in [0.15, 0.2) is 53.6 Å². The fraction of sp³-hybridized carbons (Fsp3) is 0.321. The van der Waals surface area contributed by atoms with Crippen molar-refractivity contribution in [2.24, 2.45) is 0 Å². The number of aliphatic hydroxyl groups excluding tert-OH is 1. The third-order valence-electron chi connectivity index (χ3n) is 7.04. The summed E-state index contributed by atoms with van der Waals surface area (Å²) in [6.45, 7) is 2.36. The molecule has 0 radical (unpaired) electrons. The Morgan fingerprint density at radius 1 is 1.15 bits per heavy atom. The van der Waals surface area contributed by atoms with Gasteiger partial charge in [0, 0.05) is 24.8 Å². The predicted molar refractivity (Wildman–Crippen MR) is 144 cm³/mol. The average Bonchev–Trinajstić information content (AvgIpc) is 3.49. The van der Waals surface area contributed by atoms with E-state index in [0.717, 1.165) is 31.6 Å². The molecule has 2 aliphatic rings. The number of halogens is 1. The summed E-state index contributed by atoms with van der Waals surface area (Å²) in [6.07, 6.45) is 3.74. The number of benzene rings is 1. The number of ether oxygens (including phenoxy) is 3. The van der Waals surface area contributed by atoms with Gasteiger partial charge in [0.2, 0.25) is 0 Å². The zero-order chi connectivity index (χ0) is 26.9. The Labute approximate surface area is 223 Å². The van der Waals surface area contributed by atoms with Crippen molar-refractivity contribution in [3.05, 3.63) is 70.5 Å². The van der Waals surface area contributed by atoms with Crippen LogP contribution in [-0.2, 0) is 9.47 Å². The number of aromatic amines is 1. The van der Waals surface area contributed by atoms with E-state index in [1.807, 2.05) is 12.1 Å². The van der Waals surface area contributed by atoms with Gasteiger partial charge in [-0.05, 0) is 49.2 Å². The fourth-order valence-electron chi connectivity index (χ4n) is 5.00. The zero-order valence-corrected chi connectivity index (χ0v) is 21.3. The highest BCUT2D eigenvalue weighted by atomic mass is 19.1. The Morgan fingerprint density at radius 3 is 2.67 bits per heavy atom. The van der Waals surface area contributed by atoms with E-state index >= 15 is 4.39 Å². The van der Waals surface area contributed by atoms with Crippen LogP contribution in [0.4, 0.5) is 21.6 Å². The second-order valence-corrected chi connectivity index (χ2v) is 9.51. The van der Waals surface area contributed by atoms with Crippen LogP contribution < -0.4 is 20.5 Å². The molecular weight excluding hydrogens is 505 g/mol. The highest BCUT2D eigenvalue weighted by Crippen LogP contribution is 2.37. The summed E-state index contributed by atoms with van der Waals surface area (Å²) < 4.78 is 32.1. The van der Waals surface area contributed by atoms with Gasteiger partial charge in [-0.2, -0.15) is 0 Å². The second-order valence-electron chi connectivity index (χ2n) is 9.51. The number of methoxy groups -OCH3 is 1. The van der Waals surface area contributed by atoms with Crippen LogP contribution >= 0.6 is 0 Å². The number of nitrogens with zero attached hydrogens (tertiary/aromatic N) is 3. The number of rotatable bonds is 6. The molecule has 11 heteroatoms. The first-order valence-corrected chi connectivity index (χ1v) is 12.8. The fourth-order valence-corrected chi connectivity index (χ4v) is 5.00. The van der Waals surface area contributed by atoms with Crippen LogP contribution in [0.2, 0.25) is 0 Å². The third-order valence-corrected chi connectivity index (χ3v) is 7.04. The van der Waals surface area contributed by atoms with Crippen molar-refractivity contribution in [1.29, 1.82) is 0 Å². The number of H-pyrrole nitrogens is 1. The van der Waals surface area contributed by atoms with E-state index < -0.39 is 12.1 Å². The molecule has 3 aromatic heterocycles. The van der Waals surface area contributed by atoms with Crippen molar-refractivity contribution in [2.75, 3.05) is 43.6 Å². The normalized spacial score (nSPS) is 16.6. The smallest absolute Gasteiger partial charge is 0.259 e. The second kappa shape index (κ2) is 10.6. The molecule has 0 atom stereocenters.